The maximum atomic E-state index is 11.7. The molecule has 0 unspecified atom stereocenters. The fraction of sp³-hybridized carbons (Fsp3) is 0.538. The Balaban J connectivity index is 2.02. The van der Waals surface area contributed by atoms with Gasteiger partial charge in [-0.2, -0.15) is 0 Å². The zero-order chi connectivity index (χ0) is 13.0. The van der Waals surface area contributed by atoms with E-state index in [1.165, 1.54) is 0 Å². The molecule has 0 radical (unpaired) electrons. The highest BCUT2D eigenvalue weighted by Crippen LogP contribution is 2.20. The molecule has 1 aromatic carbocycles. The number of nitrogens with zero attached hydrogens (tertiary/aromatic N) is 1. The van der Waals surface area contributed by atoms with Crippen molar-refractivity contribution < 1.29 is 13.2 Å². The van der Waals surface area contributed by atoms with E-state index in [1.807, 2.05) is 31.2 Å². The maximum Gasteiger partial charge on any atom is 0.214 e. The number of rotatable bonds is 5. The third-order valence-corrected chi connectivity index (χ3v) is 5.06. The zero-order valence-electron chi connectivity index (χ0n) is 10.6. The van der Waals surface area contributed by atoms with Crippen molar-refractivity contribution in [1.82, 2.24) is 4.31 Å². The van der Waals surface area contributed by atoms with Crippen molar-refractivity contribution in [1.29, 1.82) is 0 Å². The highest BCUT2D eigenvalue weighted by molar-refractivity contribution is 7.89. The highest BCUT2D eigenvalue weighted by atomic mass is 32.2. The molecule has 1 aliphatic heterocycles. The second kappa shape index (κ2) is 5.71. The molecule has 0 saturated carbocycles. The van der Waals surface area contributed by atoms with E-state index in [1.54, 1.807) is 4.31 Å². The van der Waals surface area contributed by atoms with Gasteiger partial charge in [-0.1, -0.05) is 18.2 Å². The lowest BCUT2D eigenvalue weighted by molar-refractivity contribution is 0.335. The van der Waals surface area contributed by atoms with Gasteiger partial charge >= 0.3 is 0 Å². The molecule has 0 bridgehead atoms. The van der Waals surface area contributed by atoms with E-state index in [0.29, 0.717) is 31.9 Å². The summed E-state index contributed by atoms with van der Waals surface area (Å²) in [5, 5.41) is 0. The SMILES string of the molecule is CCOc1ccccc1CCN1CCCS1(=O)=O. The number of sulfonamides is 1. The van der Waals surface area contributed by atoms with E-state index in [2.05, 4.69) is 0 Å². The van der Waals surface area contributed by atoms with Crippen LogP contribution in [-0.4, -0.2) is 38.2 Å². The van der Waals surface area contributed by atoms with Crippen LogP contribution in [0.5, 0.6) is 5.75 Å². The van der Waals surface area contributed by atoms with Crippen LogP contribution in [0.3, 0.4) is 0 Å². The molecule has 0 atom stereocenters. The van der Waals surface area contributed by atoms with Crippen molar-refractivity contribution in [3.8, 4) is 5.75 Å². The van der Waals surface area contributed by atoms with Crippen LogP contribution in [0.1, 0.15) is 18.9 Å². The van der Waals surface area contributed by atoms with Crippen LogP contribution in [0.2, 0.25) is 0 Å². The van der Waals surface area contributed by atoms with Crippen molar-refractivity contribution in [2.45, 2.75) is 19.8 Å². The summed E-state index contributed by atoms with van der Waals surface area (Å²) in [6.45, 7) is 3.77. The number of para-hydroxylation sites is 1. The van der Waals surface area contributed by atoms with Gasteiger partial charge < -0.3 is 4.74 Å². The van der Waals surface area contributed by atoms with Crippen LogP contribution < -0.4 is 4.74 Å². The van der Waals surface area contributed by atoms with Crippen molar-refractivity contribution in [2.24, 2.45) is 0 Å². The third-order valence-electron chi connectivity index (χ3n) is 3.11. The van der Waals surface area contributed by atoms with Gasteiger partial charge in [0.1, 0.15) is 5.75 Å². The Morgan fingerprint density at radius 1 is 1.33 bits per heavy atom. The average molecular weight is 269 g/mol. The minimum atomic E-state index is -2.99. The van der Waals surface area contributed by atoms with Gasteiger partial charge in [-0.05, 0) is 31.4 Å². The largest absolute Gasteiger partial charge is 0.494 e. The molecule has 0 N–H and O–H groups in total. The van der Waals surface area contributed by atoms with Crippen molar-refractivity contribution in [3.05, 3.63) is 29.8 Å². The van der Waals surface area contributed by atoms with Gasteiger partial charge in [0.05, 0.1) is 12.4 Å². The summed E-state index contributed by atoms with van der Waals surface area (Å²) in [5.74, 6) is 1.15. The molecular formula is C13H19NO3S. The number of hydrogen-bond acceptors (Lipinski definition) is 3. The Morgan fingerprint density at radius 2 is 2.11 bits per heavy atom. The van der Waals surface area contributed by atoms with Gasteiger partial charge in [0.15, 0.2) is 0 Å². The Kier molecular flexibility index (Phi) is 4.24. The predicted molar refractivity (Wildman–Crippen MR) is 71.3 cm³/mol. The Morgan fingerprint density at radius 3 is 2.78 bits per heavy atom. The topological polar surface area (TPSA) is 46.6 Å². The summed E-state index contributed by atoms with van der Waals surface area (Å²) < 4.78 is 30.5. The van der Waals surface area contributed by atoms with Crippen LogP contribution in [-0.2, 0) is 16.4 Å². The van der Waals surface area contributed by atoms with Crippen LogP contribution >= 0.6 is 0 Å². The molecule has 1 aromatic rings. The number of ether oxygens (including phenoxy) is 1. The Bertz CT molecular complexity index is 499. The fourth-order valence-electron chi connectivity index (χ4n) is 2.19. The molecule has 5 heteroatoms. The molecule has 18 heavy (non-hydrogen) atoms. The van der Waals surface area contributed by atoms with Gasteiger partial charge in [0.2, 0.25) is 10.0 Å². The first-order valence-corrected chi connectivity index (χ1v) is 7.93. The van der Waals surface area contributed by atoms with Crippen molar-refractivity contribution in [2.75, 3.05) is 25.4 Å². The summed E-state index contributed by atoms with van der Waals surface area (Å²) in [6.07, 6.45) is 1.45. The Labute approximate surface area is 109 Å². The molecule has 2 rings (SSSR count). The fourth-order valence-corrected chi connectivity index (χ4v) is 3.72. The van der Waals surface area contributed by atoms with Crippen LogP contribution in [0.15, 0.2) is 24.3 Å². The lowest BCUT2D eigenvalue weighted by Crippen LogP contribution is -2.28. The van der Waals surface area contributed by atoms with Gasteiger partial charge in [-0.3, -0.25) is 0 Å². The van der Waals surface area contributed by atoms with Crippen LogP contribution in [0, 0.1) is 0 Å². The monoisotopic (exact) mass is 269 g/mol. The first-order chi connectivity index (χ1) is 8.63. The number of benzene rings is 1. The molecule has 1 aliphatic rings. The molecule has 4 nitrogen and oxygen atoms in total. The van der Waals surface area contributed by atoms with E-state index in [4.69, 9.17) is 4.74 Å². The maximum absolute atomic E-state index is 11.7. The number of hydrogen-bond donors (Lipinski definition) is 0. The van der Waals surface area contributed by atoms with E-state index in [0.717, 1.165) is 17.7 Å². The van der Waals surface area contributed by atoms with Crippen LogP contribution in [0.25, 0.3) is 0 Å². The lowest BCUT2D eigenvalue weighted by Gasteiger charge is -2.15. The average Bonchev–Trinajstić information content (AvgIpc) is 2.68. The van der Waals surface area contributed by atoms with E-state index >= 15 is 0 Å². The highest BCUT2D eigenvalue weighted by Gasteiger charge is 2.27. The molecule has 0 amide bonds. The predicted octanol–water partition coefficient (Wildman–Crippen LogP) is 1.66. The normalized spacial score (nSPS) is 18.9. The zero-order valence-corrected chi connectivity index (χ0v) is 11.4. The smallest absolute Gasteiger partial charge is 0.214 e. The summed E-state index contributed by atoms with van der Waals surface area (Å²) in [5.41, 5.74) is 1.07. The van der Waals surface area contributed by atoms with E-state index in [9.17, 15) is 8.42 Å². The summed E-state index contributed by atoms with van der Waals surface area (Å²) >= 11 is 0. The van der Waals surface area contributed by atoms with Gasteiger partial charge in [-0.25, -0.2) is 12.7 Å². The van der Waals surface area contributed by atoms with E-state index < -0.39 is 10.0 Å². The Hall–Kier alpha value is -1.07. The van der Waals surface area contributed by atoms with Gasteiger partial charge in [-0.15, -0.1) is 0 Å². The van der Waals surface area contributed by atoms with Crippen molar-refractivity contribution >= 4 is 10.0 Å². The second-order valence-corrected chi connectivity index (χ2v) is 6.45. The molecule has 0 aliphatic carbocycles. The minimum absolute atomic E-state index is 0.292. The summed E-state index contributed by atoms with van der Waals surface area (Å²) in [7, 11) is -2.99. The van der Waals surface area contributed by atoms with Crippen LogP contribution in [0.4, 0.5) is 0 Å². The second-order valence-electron chi connectivity index (χ2n) is 4.36. The van der Waals surface area contributed by atoms with Gasteiger partial charge in [0, 0.05) is 13.1 Å². The van der Waals surface area contributed by atoms with Gasteiger partial charge in [0.25, 0.3) is 0 Å². The summed E-state index contributed by atoms with van der Waals surface area (Å²) in [4.78, 5) is 0. The van der Waals surface area contributed by atoms with E-state index in [-0.39, 0.29) is 0 Å². The first kappa shape index (κ1) is 13.4. The first-order valence-electron chi connectivity index (χ1n) is 6.32. The molecule has 1 fully saturated rings. The molecule has 100 valence electrons. The quantitative estimate of drug-likeness (QED) is 0.817. The molecule has 0 spiro atoms. The standard InChI is InChI=1S/C13H19NO3S/c1-2-17-13-7-4-3-6-12(13)8-10-14-9-5-11-18(14,15)16/h3-4,6-7H,2,5,8-11H2,1H3. The molecule has 1 heterocycles. The third kappa shape index (κ3) is 3.03. The minimum Gasteiger partial charge on any atom is -0.494 e. The molecular weight excluding hydrogens is 250 g/mol. The summed E-state index contributed by atoms with van der Waals surface area (Å²) in [6, 6.07) is 7.81. The molecule has 0 aromatic heterocycles. The lowest BCUT2D eigenvalue weighted by atomic mass is 10.1. The van der Waals surface area contributed by atoms with Crippen molar-refractivity contribution in [3.63, 3.8) is 0 Å². The molecule has 1 saturated heterocycles.